The molecule has 0 saturated carbocycles. The highest BCUT2D eigenvalue weighted by atomic mass is 16.2. The van der Waals surface area contributed by atoms with Gasteiger partial charge >= 0.3 is 0 Å². The molecular weight excluding hydrogens is 366 g/mol. The number of pyridine rings is 1. The molecule has 0 bridgehead atoms. The third-order valence-electron chi connectivity index (χ3n) is 5.15. The zero-order valence-electron chi connectivity index (χ0n) is 18.0. The Hall–Kier alpha value is -2.41. The van der Waals surface area contributed by atoms with Crippen molar-refractivity contribution in [1.29, 1.82) is 0 Å². The lowest BCUT2D eigenvalue weighted by atomic mass is 10.2. The molecule has 2 N–H and O–H groups in total. The molecule has 0 aliphatic heterocycles. The van der Waals surface area contributed by atoms with Gasteiger partial charge < -0.3 is 15.5 Å². The second-order valence-corrected chi connectivity index (χ2v) is 7.27. The molecule has 0 spiro atoms. The Labute approximate surface area is 173 Å². The molecule has 2 aromatic rings. The zero-order chi connectivity index (χ0) is 21.1. The maximum absolute atomic E-state index is 12.5. The molecule has 2 rings (SSSR count). The molecule has 0 radical (unpaired) electrons. The maximum Gasteiger partial charge on any atom is 0.270 e. The number of nitrogens with zero attached hydrogens (tertiary/aromatic N) is 3. The number of hydrogen-bond acceptors (Lipinski definition) is 4. The van der Waals surface area contributed by atoms with Gasteiger partial charge in [-0.1, -0.05) is 26.3 Å². The summed E-state index contributed by atoms with van der Waals surface area (Å²) >= 11 is 0. The molecule has 29 heavy (non-hydrogen) atoms. The first-order valence-corrected chi connectivity index (χ1v) is 10.8. The van der Waals surface area contributed by atoms with E-state index in [1.807, 2.05) is 35.7 Å². The first-order chi connectivity index (χ1) is 14.1. The average Bonchev–Trinajstić information content (AvgIpc) is 3.06. The molecule has 160 valence electrons. The summed E-state index contributed by atoms with van der Waals surface area (Å²) in [4.78, 5) is 31.1. The van der Waals surface area contributed by atoms with Gasteiger partial charge in [-0.25, -0.2) is 4.98 Å². The van der Waals surface area contributed by atoms with E-state index in [4.69, 9.17) is 0 Å². The summed E-state index contributed by atoms with van der Waals surface area (Å²) in [5, 5.41) is 5.96. The number of nitrogens with one attached hydrogen (secondary N) is 2. The van der Waals surface area contributed by atoms with Crippen LogP contribution in [0.15, 0.2) is 24.4 Å². The van der Waals surface area contributed by atoms with Crippen molar-refractivity contribution in [3.05, 3.63) is 35.8 Å². The van der Waals surface area contributed by atoms with Crippen LogP contribution < -0.4 is 10.6 Å². The Morgan fingerprint density at radius 3 is 2.55 bits per heavy atom. The fraction of sp³-hybridized carbons (Fsp3) is 0.591. The Kier molecular flexibility index (Phi) is 9.64. The van der Waals surface area contributed by atoms with Crippen LogP contribution in [0.25, 0.3) is 5.65 Å². The van der Waals surface area contributed by atoms with Crippen molar-refractivity contribution in [2.45, 2.75) is 52.9 Å². The third-order valence-corrected chi connectivity index (χ3v) is 5.15. The van der Waals surface area contributed by atoms with Gasteiger partial charge in [0, 0.05) is 25.7 Å². The summed E-state index contributed by atoms with van der Waals surface area (Å²) in [7, 11) is 0. The topological polar surface area (TPSA) is 78.7 Å². The molecule has 0 fully saturated rings. The number of carbonyl (C=O) groups excluding carboxylic acids is 2. The van der Waals surface area contributed by atoms with Gasteiger partial charge in [-0.3, -0.25) is 14.0 Å². The Bertz CT molecular complexity index is 783. The number of aromatic nitrogens is 2. The van der Waals surface area contributed by atoms with E-state index in [1.54, 1.807) is 0 Å². The molecule has 2 aromatic heterocycles. The maximum atomic E-state index is 12.5. The van der Waals surface area contributed by atoms with E-state index < -0.39 is 0 Å². The molecule has 2 heterocycles. The van der Waals surface area contributed by atoms with E-state index in [-0.39, 0.29) is 11.8 Å². The second kappa shape index (κ2) is 12.2. The van der Waals surface area contributed by atoms with Crippen molar-refractivity contribution >= 4 is 17.5 Å². The quantitative estimate of drug-likeness (QED) is 0.506. The van der Waals surface area contributed by atoms with Gasteiger partial charge in [0.05, 0.1) is 5.69 Å². The standard InChI is InChI=1S/C22H35N5O2/c1-4-26(5-2)16-11-15-23-20(28)13-7-6-9-14-24-22(29)21-18(3)25-19-12-8-10-17-27(19)21/h8,10,12,17H,4-7,9,11,13-16H2,1-3H3,(H,23,28)(H,24,29). The molecule has 7 heteroatoms. The van der Waals surface area contributed by atoms with Gasteiger partial charge in [0.2, 0.25) is 5.91 Å². The lowest BCUT2D eigenvalue weighted by Gasteiger charge is -2.17. The number of carbonyl (C=O) groups is 2. The molecule has 0 aliphatic rings. The molecule has 0 atom stereocenters. The van der Waals surface area contributed by atoms with Crippen LogP contribution in [0.4, 0.5) is 0 Å². The molecule has 0 aromatic carbocycles. The first-order valence-electron chi connectivity index (χ1n) is 10.8. The lowest BCUT2D eigenvalue weighted by Crippen LogP contribution is -2.29. The SMILES string of the molecule is CCN(CC)CCCNC(=O)CCCCCNC(=O)c1c(C)nc2ccccn12. The molecule has 2 amide bonds. The summed E-state index contributed by atoms with van der Waals surface area (Å²) in [6.07, 6.45) is 6.00. The monoisotopic (exact) mass is 401 g/mol. The van der Waals surface area contributed by atoms with Crippen LogP contribution in [0.1, 0.15) is 62.1 Å². The molecular formula is C22H35N5O2. The first kappa shape index (κ1) is 22.9. The Morgan fingerprint density at radius 1 is 1.03 bits per heavy atom. The van der Waals surface area contributed by atoms with Crippen molar-refractivity contribution in [3.8, 4) is 0 Å². The number of rotatable bonds is 13. The van der Waals surface area contributed by atoms with E-state index in [2.05, 4.69) is 34.4 Å². The van der Waals surface area contributed by atoms with E-state index in [9.17, 15) is 9.59 Å². The van der Waals surface area contributed by atoms with Crippen LogP contribution in [0.5, 0.6) is 0 Å². The Morgan fingerprint density at radius 2 is 1.79 bits per heavy atom. The van der Waals surface area contributed by atoms with Gasteiger partial charge in [-0.2, -0.15) is 0 Å². The summed E-state index contributed by atoms with van der Waals surface area (Å²) in [6.45, 7) is 10.6. The molecule has 0 aliphatic carbocycles. The predicted molar refractivity (Wildman–Crippen MR) is 116 cm³/mol. The van der Waals surface area contributed by atoms with Gasteiger partial charge in [0.1, 0.15) is 11.3 Å². The fourth-order valence-corrected chi connectivity index (χ4v) is 3.42. The van der Waals surface area contributed by atoms with Crippen LogP contribution in [0.2, 0.25) is 0 Å². The average molecular weight is 402 g/mol. The summed E-state index contributed by atoms with van der Waals surface area (Å²) in [5.74, 6) is 0.0158. The van der Waals surface area contributed by atoms with Crippen molar-refractivity contribution < 1.29 is 9.59 Å². The number of fused-ring (bicyclic) bond motifs is 1. The summed E-state index contributed by atoms with van der Waals surface area (Å²) < 4.78 is 1.81. The number of hydrogen-bond donors (Lipinski definition) is 2. The normalized spacial score (nSPS) is 11.2. The molecule has 7 nitrogen and oxygen atoms in total. The summed E-state index contributed by atoms with van der Waals surface area (Å²) in [5.41, 5.74) is 2.09. The minimum Gasteiger partial charge on any atom is -0.356 e. The van der Waals surface area contributed by atoms with Crippen molar-refractivity contribution in [3.63, 3.8) is 0 Å². The number of imidazole rings is 1. The highest BCUT2D eigenvalue weighted by molar-refractivity contribution is 5.94. The zero-order valence-corrected chi connectivity index (χ0v) is 18.0. The largest absolute Gasteiger partial charge is 0.356 e. The van der Waals surface area contributed by atoms with Gasteiger partial charge in [-0.05, 0) is 58.0 Å². The van der Waals surface area contributed by atoms with Crippen LogP contribution in [0, 0.1) is 6.92 Å². The number of aryl methyl sites for hydroxylation is 1. The van der Waals surface area contributed by atoms with Gasteiger partial charge in [0.25, 0.3) is 5.91 Å². The molecule has 0 saturated heterocycles. The minimum absolute atomic E-state index is 0.104. The van der Waals surface area contributed by atoms with Crippen LogP contribution in [-0.4, -0.2) is 58.8 Å². The van der Waals surface area contributed by atoms with Crippen LogP contribution in [-0.2, 0) is 4.79 Å². The van der Waals surface area contributed by atoms with E-state index in [0.717, 1.165) is 63.2 Å². The summed E-state index contributed by atoms with van der Waals surface area (Å²) in [6, 6.07) is 5.68. The van der Waals surface area contributed by atoms with Gasteiger partial charge in [-0.15, -0.1) is 0 Å². The van der Waals surface area contributed by atoms with Crippen molar-refractivity contribution in [2.75, 3.05) is 32.7 Å². The highest BCUT2D eigenvalue weighted by Gasteiger charge is 2.15. The highest BCUT2D eigenvalue weighted by Crippen LogP contribution is 2.11. The predicted octanol–water partition coefficient (Wildman–Crippen LogP) is 2.78. The number of unbranched alkanes of at least 4 members (excludes halogenated alkanes) is 2. The van der Waals surface area contributed by atoms with Crippen LogP contribution in [0.3, 0.4) is 0 Å². The van der Waals surface area contributed by atoms with E-state index >= 15 is 0 Å². The van der Waals surface area contributed by atoms with E-state index in [0.29, 0.717) is 18.7 Å². The second-order valence-electron chi connectivity index (χ2n) is 7.27. The number of amides is 2. The smallest absolute Gasteiger partial charge is 0.270 e. The minimum atomic E-state index is -0.104. The van der Waals surface area contributed by atoms with Crippen molar-refractivity contribution in [2.24, 2.45) is 0 Å². The van der Waals surface area contributed by atoms with Gasteiger partial charge in [0.15, 0.2) is 0 Å². The lowest BCUT2D eigenvalue weighted by molar-refractivity contribution is -0.121. The molecule has 0 unspecified atom stereocenters. The van der Waals surface area contributed by atoms with Crippen molar-refractivity contribution in [1.82, 2.24) is 24.9 Å². The Balaban J connectivity index is 1.57. The van der Waals surface area contributed by atoms with Crippen LogP contribution >= 0.6 is 0 Å². The van der Waals surface area contributed by atoms with E-state index in [1.165, 1.54) is 0 Å². The third kappa shape index (κ3) is 7.16. The fourth-order valence-electron chi connectivity index (χ4n) is 3.42.